The van der Waals surface area contributed by atoms with Gasteiger partial charge in [0.15, 0.2) is 5.78 Å². The molecule has 2 nitrogen and oxygen atoms in total. The van der Waals surface area contributed by atoms with Crippen LogP contribution in [0.2, 0.25) is 10.0 Å². The molecule has 17 heavy (non-hydrogen) atoms. The molecular formula is C13H16Cl2O2. The summed E-state index contributed by atoms with van der Waals surface area (Å²) in [5.41, 5.74) is 0.426. The normalized spacial score (nSPS) is 11.6. The molecular weight excluding hydrogens is 259 g/mol. The van der Waals surface area contributed by atoms with Crippen molar-refractivity contribution in [2.75, 3.05) is 6.61 Å². The first-order valence-corrected chi connectivity index (χ1v) is 6.13. The third-order valence-corrected chi connectivity index (χ3v) is 2.67. The molecule has 0 bridgehead atoms. The Hall–Kier alpha value is -0.570. The topological polar surface area (TPSA) is 26.3 Å². The summed E-state index contributed by atoms with van der Waals surface area (Å²) in [6.45, 7) is 5.82. The molecule has 0 saturated heterocycles. The van der Waals surface area contributed by atoms with Crippen LogP contribution >= 0.6 is 23.2 Å². The van der Waals surface area contributed by atoms with E-state index < -0.39 is 0 Å². The van der Waals surface area contributed by atoms with Crippen molar-refractivity contribution < 1.29 is 9.53 Å². The second-order valence-electron chi connectivity index (χ2n) is 4.85. The van der Waals surface area contributed by atoms with Crippen LogP contribution < -0.4 is 0 Å². The predicted octanol–water partition coefficient (Wildman–Crippen LogP) is 3.92. The van der Waals surface area contributed by atoms with Gasteiger partial charge in [0, 0.05) is 16.5 Å². The van der Waals surface area contributed by atoms with Gasteiger partial charge >= 0.3 is 0 Å². The van der Waals surface area contributed by atoms with Crippen LogP contribution in [0.15, 0.2) is 18.2 Å². The van der Waals surface area contributed by atoms with Gasteiger partial charge in [0.1, 0.15) is 6.61 Å². The molecule has 4 heteroatoms. The smallest absolute Gasteiger partial charge is 0.162 e. The highest BCUT2D eigenvalue weighted by Gasteiger charge is 2.14. The molecule has 0 atom stereocenters. The van der Waals surface area contributed by atoms with Crippen molar-refractivity contribution in [2.24, 2.45) is 0 Å². The van der Waals surface area contributed by atoms with Crippen LogP contribution in [-0.2, 0) is 16.0 Å². The summed E-state index contributed by atoms with van der Waals surface area (Å²) in [7, 11) is 0. The van der Waals surface area contributed by atoms with Gasteiger partial charge < -0.3 is 4.74 Å². The zero-order valence-electron chi connectivity index (χ0n) is 10.2. The fourth-order valence-corrected chi connectivity index (χ4v) is 1.62. The number of halogens is 2. The molecule has 0 unspecified atom stereocenters. The lowest BCUT2D eigenvalue weighted by molar-refractivity contribution is -0.127. The van der Waals surface area contributed by atoms with Crippen LogP contribution in [0.5, 0.6) is 0 Å². The summed E-state index contributed by atoms with van der Waals surface area (Å²) < 4.78 is 5.41. The lowest BCUT2D eigenvalue weighted by atomic mass is 10.1. The molecule has 0 saturated carbocycles. The van der Waals surface area contributed by atoms with E-state index in [-0.39, 0.29) is 24.4 Å². The average Bonchev–Trinajstić information content (AvgIpc) is 2.20. The Morgan fingerprint density at radius 1 is 1.29 bits per heavy atom. The summed E-state index contributed by atoms with van der Waals surface area (Å²) in [6.07, 6.45) is 0.246. The Morgan fingerprint density at radius 3 is 2.53 bits per heavy atom. The van der Waals surface area contributed by atoms with E-state index in [0.29, 0.717) is 10.0 Å². The molecule has 1 aromatic rings. The zero-order chi connectivity index (χ0) is 13.1. The number of ether oxygens (including phenoxy) is 1. The fourth-order valence-electron chi connectivity index (χ4n) is 1.24. The van der Waals surface area contributed by atoms with Gasteiger partial charge in [0.05, 0.1) is 5.60 Å². The van der Waals surface area contributed by atoms with Crippen LogP contribution in [0, 0.1) is 0 Å². The fraction of sp³-hybridized carbons (Fsp3) is 0.462. The molecule has 0 fully saturated rings. The van der Waals surface area contributed by atoms with E-state index in [1.165, 1.54) is 0 Å². The average molecular weight is 275 g/mol. The van der Waals surface area contributed by atoms with Gasteiger partial charge in [-0.3, -0.25) is 4.79 Å². The van der Waals surface area contributed by atoms with Crippen LogP contribution in [0.1, 0.15) is 26.3 Å². The molecule has 0 radical (unpaired) electrons. The zero-order valence-corrected chi connectivity index (χ0v) is 11.7. The van der Waals surface area contributed by atoms with Gasteiger partial charge in [-0.05, 0) is 44.5 Å². The number of carbonyl (C=O) groups is 1. The van der Waals surface area contributed by atoms with E-state index in [2.05, 4.69) is 0 Å². The van der Waals surface area contributed by atoms with Crippen molar-refractivity contribution >= 4 is 29.0 Å². The highest BCUT2D eigenvalue weighted by molar-refractivity contribution is 6.33. The van der Waals surface area contributed by atoms with E-state index in [1.54, 1.807) is 18.2 Å². The third kappa shape index (κ3) is 5.53. The first-order valence-electron chi connectivity index (χ1n) is 5.37. The van der Waals surface area contributed by atoms with E-state index in [1.807, 2.05) is 20.8 Å². The van der Waals surface area contributed by atoms with Crippen molar-refractivity contribution in [3.8, 4) is 0 Å². The van der Waals surface area contributed by atoms with Gasteiger partial charge in [-0.2, -0.15) is 0 Å². The van der Waals surface area contributed by atoms with E-state index in [0.717, 1.165) is 5.56 Å². The molecule has 0 aromatic heterocycles. The van der Waals surface area contributed by atoms with Crippen LogP contribution in [0.4, 0.5) is 0 Å². The third-order valence-electron chi connectivity index (χ3n) is 2.06. The molecule has 0 heterocycles. The van der Waals surface area contributed by atoms with Gasteiger partial charge in [0.25, 0.3) is 0 Å². The quantitative estimate of drug-likeness (QED) is 0.832. The first kappa shape index (κ1) is 14.5. The molecule has 94 valence electrons. The molecule has 0 amide bonds. The van der Waals surface area contributed by atoms with Crippen LogP contribution in [-0.4, -0.2) is 18.0 Å². The standard InChI is InChI=1S/C13H16Cl2O2/c1-13(2,3)17-8-11(16)7-9-6-10(14)4-5-12(9)15/h4-6H,7-8H2,1-3H3. The van der Waals surface area contributed by atoms with E-state index in [9.17, 15) is 4.79 Å². The summed E-state index contributed by atoms with van der Waals surface area (Å²) >= 11 is 11.8. The molecule has 0 aliphatic carbocycles. The van der Waals surface area contributed by atoms with Crippen molar-refractivity contribution in [1.29, 1.82) is 0 Å². The van der Waals surface area contributed by atoms with Crippen molar-refractivity contribution in [2.45, 2.75) is 32.8 Å². The van der Waals surface area contributed by atoms with Gasteiger partial charge in [0.2, 0.25) is 0 Å². The Labute approximate surface area is 112 Å². The molecule has 0 spiro atoms. The molecule has 0 aliphatic heterocycles. The van der Waals surface area contributed by atoms with Crippen LogP contribution in [0.25, 0.3) is 0 Å². The monoisotopic (exact) mass is 274 g/mol. The number of Topliss-reactive ketones (excluding diaryl/α,β-unsaturated/α-hetero) is 1. The minimum atomic E-state index is -0.312. The van der Waals surface area contributed by atoms with E-state index in [4.69, 9.17) is 27.9 Å². The SMILES string of the molecule is CC(C)(C)OCC(=O)Cc1cc(Cl)ccc1Cl. The van der Waals surface area contributed by atoms with Crippen LogP contribution in [0.3, 0.4) is 0 Å². The Morgan fingerprint density at radius 2 is 1.94 bits per heavy atom. The summed E-state index contributed by atoms with van der Waals surface area (Å²) in [4.78, 5) is 11.7. The maximum Gasteiger partial charge on any atom is 0.162 e. The Balaban J connectivity index is 2.59. The highest BCUT2D eigenvalue weighted by Crippen LogP contribution is 2.21. The Kier molecular flexibility index (Phi) is 4.99. The Bertz CT molecular complexity index is 408. The maximum absolute atomic E-state index is 11.7. The van der Waals surface area contributed by atoms with Gasteiger partial charge in [-0.25, -0.2) is 0 Å². The molecule has 0 N–H and O–H groups in total. The summed E-state index contributed by atoms with van der Waals surface area (Å²) in [6, 6.07) is 5.10. The lowest BCUT2D eigenvalue weighted by Crippen LogP contribution is -2.24. The molecule has 1 aromatic carbocycles. The van der Waals surface area contributed by atoms with Gasteiger partial charge in [-0.15, -0.1) is 0 Å². The number of hydrogen-bond acceptors (Lipinski definition) is 2. The minimum absolute atomic E-state index is 0.0101. The van der Waals surface area contributed by atoms with E-state index >= 15 is 0 Å². The maximum atomic E-state index is 11.7. The number of benzene rings is 1. The molecule has 1 rings (SSSR count). The number of ketones is 1. The number of rotatable bonds is 4. The molecule has 0 aliphatic rings. The first-order chi connectivity index (χ1) is 7.78. The second-order valence-corrected chi connectivity index (χ2v) is 5.70. The minimum Gasteiger partial charge on any atom is -0.368 e. The predicted molar refractivity (Wildman–Crippen MR) is 70.9 cm³/mol. The summed E-state index contributed by atoms with van der Waals surface area (Å²) in [5, 5.41) is 1.13. The van der Waals surface area contributed by atoms with Gasteiger partial charge in [-0.1, -0.05) is 23.2 Å². The van der Waals surface area contributed by atoms with Crippen molar-refractivity contribution in [3.05, 3.63) is 33.8 Å². The number of carbonyl (C=O) groups excluding carboxylic acids is 1. The summed E-state index contributed by atoms with van der Waals surface area (Å²) in [5.74, 6) is -0.0101. The lowest BCUT2D eigenvalue weighted by Gasteiger charge is -2.18. The van der Waals surface area contributed by atoms with Crippen molar-refractivity contribution in [1.82, 2.24) is 0 Å². The van der Waals surface area contributed by atoms with Crippen molar-refractivity contribution in [3.63, 3.8) is 0 Å². The largest absolute Gasteiger partial charge is 0.368 e. The number of hydrogen-bond donors (Lipinski definition) is 0. The second kappa shape index (κ2) is 5.85. The highest BCUT2D eigenvalue weighted by atomic mass is 35.5.